The van der Waals surface area contributed by atoms with Gasteiger partial charge in [-0.05, 0) is 24.3 Å². The number of hydrogen-bond acceptors (Lipinski definition) is 3. The summed E-state index contributed by atoms with van der Waals surface area (Å²) in [5.74, 6) is -0.873. The first-order valence-corrected chi connectivity index (χ1v) is 4.48. The zero-order chi connectivity index (χ0) is 13.1. The van der Waals surface area contributed by atoms with E-state index in [0.29, 0.717) is 0 Å². The van der Waals surface area contributed by atoms with E-state index >= 15 is 0 Å². The lowest BCUT2D eigenvalue weighted by atomic mass is 10.1. The Morgan fingerprint density at radius 1 is 1.41 bits per heavy atom. The van der Waals surface area contributed by atoms with Crippen LogP contribution in [0.2, 0.25) is 0 Å². The number of alkyl halides is 3. The van der Waals surface area contributed by atoms with E-state index in [4.69, 9.17) is 4.74 Å². The van der Waals surface area contributed by atoms with Crippen molar-refractivity contribution in [2.75, 3.05) is 7.11 Å². The van der Waals surface area contributed by atoms with Crippen molar-refractivity contribution in [1.29, 1.82) is 0 Å². The van der Waals surface area contributed by atoms with Gasteiger partial charge in [-0.25, -0.2) is 0 Å². The number of carbonyl (C=O) groups excluding carboxylic acids is 1. The molecule has 0 N–H and O–H groups in total. The lowest BCUT2D eigenvalue weighted by Gasteiger charge is -2.11. The number of carbonyl (C=O) groups is 1. The van der Waals surface area contributed by atoms with Gasteiger partial charge in [-0.15, -0.1) is 13.2 Å². The molecule has 0 fully saturated rings. The Balaban J connectivity index is 3.13. The number of ether oxygens (including phenoxy) is 2. The molecule has 1 aromatic carbocycles. The second-order valence-electron chi connectivity index (χ2n) is 2.98. The van der Waals surface area contributed by atoms with Gasteiger partial charge in [0.1, 0.15) is 11.5 Å². The molecule has 6 heteroatoms. The number of methoxy groups -OCH3 is 1. The van der Waals surface area contributed by atoms with Gasteiger partial charge in [-0.3, -0.25) is 4.79 Å². The Labute approximate surface area is 95.5 Å². The number of allylic oxidation sites excluding steroid dienone is 1. The summed E-state index contributed by atoms with van der Waals surface area (Å²) in [6.07, 6.45) is -3.82. The van der Waals surface area contributed by atoms with E-state index < -0.39 is 17.9 Å². The summed E-state index contributed by atoms with van der Waals surface area (Å²) in [5, 5.41) is 0. The van der Waals surface area contributed by atoms with Crippen LogP contribution in [0.15, 0.2) is 30.9 Å². The number of benzene rings is 1. The molecular weight excluding hydrogens is 237 g/mol. The van der Waals surface area contributed by atoms with Crippen molar-refractivity contribution in [3.8, 4) is 11.5 Å². The maximum atomic E-state index is 12.0. The zero-order valence-corrected chi connectivity index (χ0v) is 8.88. The van der Waals surface area contributed by atoms with Gasteiger partial charge in [0.05, 0.1) is 12.7 Å². The van der Waals surface area contributed by atoms with E-state index in [1.807, 2.05) is 0 Å². The zero-order valence-electron chi connectivity index (χ0n) is 8.88. The first kappa shape index (κ1) is 13.1. The molecular formula is C11H9F3O3. The highest BCUT2D eigenvalue weighted by atomic mass is 19.4. The maximum absolute atomic E-state index is 12.0. The molecule has 0 amide bonds. The lowest BCUT2D eigenvalue weighted by Crippen LogP contribution is -2.17. The van der Waals surface area contributed by atoms with Gasteiger partial charge in [0, 0.05) is 0 Å². The van der Waals surface area contributed by atoms with E-state index in [1.165, 1.54) is 13.2 Å². The monoisotopic (exact) mass is 246 g/mol. The molecule has 0 spiro atoms. The van der Waals surface area contributed by atoms with E-state index in [-0.39, 0.29) is 11.3 Å². The minimum Gasteiger partial charge on any atom is -0.496 e. The Bertz CT molecular complexity index is 438. The van der Waals surface area contributed by atoms with Crippen molar-refractivity contribution in [2.24, 2.45) is 0 Å². The van der Waals surface area contributed by atoms with Gasteiger partial charge in [-0.2, -0.15) is 0 Å². The van der Waals surface area contributed by atoms with Crippen LogP contribution in [0.25, 0.3) is 0 Å². The summed E-state index contributed by atoms with van der Waals surface area (Å²) < 4.78 is 44.5. The first-order valence-electron chi connectivity index (χ1n) is 4.48. The molecule has 1 rings (SSSR count). The van der Waals surface area contributed by atoms with Crippen molar-refractivity contribution < 1.29 is 27.4 Å². The van der Waals surface area contributed by atoms with E-state index in [0.717, 1.165) is 18.2 Å². The summed E-state index contributed by atoms with van der Waals surface area (Å²) in [4.78, 5) is 11.4. The van der Waals surface area contributed by atoms with Gasteiger partial charge in [0.25, 0.3) is 0 Å². The van der Waals surface area contributed by atoms with Crippen molar-refractivity contribution in [2.45, 2.75) is 6.36 Å². The van der Waals surface area contributed by atoms with Crippen molar-refractivity contribution in [1.82, 2.24) is 0 Å². The van der Waals surface area contributed by atoms with Crippen LogP contribution in [0.4, 0.5) is 13.2 Å². The molecule has 0 aliphatic rings. The molecule has 0 bridgehead atoms. The molecule has 0 unspecified atom stereocenters. The summed E-state index contributed by atoms with van der Waals surface area (Å²) in [7, 11) is 1.31. The van der Waals surface area contributed by atoms with E-state index in [2.05, 4.69) is 11.3 Å². The fourth-order valence-electron chi connectivity index (χ4n) is 1.19. The van der Waals surface area contributed by atoms with Crippen LogP contribution in [-0.4, -0.2) is 19.3 Å². The van der Waals surface area contributed by atoms with E-state index in [1.54, 1.807) is 0 Å². The number of hydrogen-bond donors (Lipinski definition) is 0. The Kier molecular flexibility index (Phi) is 3.77. The van der Waals surface area contributed by atoms with Crippen LogP contribution in [0.1, 0.15) is 10.4 Å². The molecule has 0 heterocycles. The molecule has 0 aromatic heterocycles. The largest absolute Gasteiger partial charge is 0.573 e. The number of halogens is 3. The second kappa shape index (κ2) is 4.90. The Hall–Kier alpha value is -1.98. The molecule has 0 atom stereocenters. The Morgan fingerprint density at radius 3 is 2.53 bits per heavy atom. The van der Waals surface area contributed by atoms with Crippen LogP contribution in [0.3, 0.4) is 0 Å². The smallest absolute Gasteiger partial charge is 0.496 e. The van der Waals surface area contributed by atoms with Crippen LogP contribution < -0.4 is 9.47 Å². The third-order valence-electron chi connectivity index (χ3n) is 1.86. The lowest BCUT2D eigenvalue weighted by molar-refractivity contribution is -0.274. The van der Waals surface area contributed by atoms with Gasteiger partial charge in [0.15, 0.2) is 5.78 Å². The molecule has 92 valence electrons. The average molecular weight is 246 g/mol. The minimum atomic E-state index is -4.80. The fourth-order valence-corrected chi connectivity index (χ4v) is 1.19. The van der Waals surface area contributed by atoms with Crippen LogP contribution in [0, 0.1) is 0 Å². The fraction of sp³-hybridized carbons (Fsp3) is 0.182. The molecule has 0 saturated carbocycles. The van der Waals surface area contributed by atoms with Crippen molar-refractivity contribution >= 4 is 5.78 Å². The van der Waals surface area contributed by atoms with Crippen molar-refractivity contribution in [3.05, 3.63) is 36.4 Å². The summed E-state index contributed by atoms with van der Waals surface area (Å²) in [6.45, 7) is 3.25. The quantitative estimate of drug-likeness (QED) is 0.605. The molecule has 0 aliphatic heterocycles. The van der Waals surface area contributed by atoms with Crippen LogP contribution in [0.5, 0.6) is 11.5 Å². The molecule has 1 aromatic rings. The molecule has 0 aliphatic carbocycles. The molecule has 17 heavy (non-hydrogen) atoms. The predicted molar refractivity (Wildman–Crippen MR) is 54.2 cm³/mol. The number of ketones is 1. The summed E-state index contributed by atoms with van der Waals surface area (Å²) in [6, 6.07) is 3.24. The highest BCUT2D eigenvalue weighted by molar-refractivity contribution is 6.06. The minimum absolute atomic E-state index is 0.0377. The highest BCUT2D eigenvalue weighted by Gasteiger charge is 2.31. The van der Waals surface area contributed by atoms with Gasteiger partial charge < -0.3 is 9.47 Å². The number of rotatable bonds is 4. The third-order valence-corrected chi connectivity index (χ3v) is 1.86. The van der Waals surface area contributed by atoms with Crippen LogP contribution >= 0.6 is 0 Å². The molecule has 3 nitrogen and oxygen atoms in total. The van der Waals surface area contributed by atoms with Gasteiger partial charge in [0.2, 0.25) is 0 Å². The van der Waals surface area contributed by atoms with E-state index in [9.17, 15) is 18.0 Å². The third kappa shape index (κ3) is 3.51. The van der Waals surface area contributed by atoms with Crippen molar-refractivity contribution in [3.63, 3.8) is 0 Å². The van der Waals surface area contributed by atoms with Gasteiger partial charge >= 0.3 is 6.36 Å². The second-order valence-corrected chi connectivity index (χ2v) is 2.98. The topological polar surface area (TPSA) is 35.5 Å². The average Bonchev–Trinajstić information content (AvgIpc) is 2.25. The normalized spacial score (nSPS) is 10.8. The van der Waals surface area contributed by atoms with Crippen LogP contribution in [-0.2, 0) is 0 Å². The standard InChI is InChI=1S/C11H9F3O3/c1-3-9(15)8-6-7(17-11(12,13)14)4-5-10(8)16-2/h3-6H,1H2,2H3. The first-order chi connectivity index (χ1) is 7.87. The maximum Gasteiger partial charge on any atom is 0.573 e. The SMILES string of the molecule is C=CC(=O)c1cc(OC(F)(F)F)ccc1OC. The van der Waals surface area contributed by atoms with Gasteiger partial charge in [-0.1, -0.05) is 6.58 Å². The highest BCUT2D eigenvalue weighted by Crippen LogP contribution is 2.28. The molecule has 0 radical (unpaired) electrons. The predicted octanol–water partition coefficient (Wildman–Crippen LogP) is 2.96. The summed E-state index contributed by atoms with van der Waals surface area (Å²) >= 11 is 0. The molecule has 0 saturated heterocycles. The summed E-state index contributed by atoms with van der Waals surface area (Å²) in [5.41, 5.74) is -0.0377. The Morgan fingerprint density at radius 2 is 2.06 bits per heavy atom.